The number of carbonyl (C=O) groups excluding carboxylic acids is 2. The summed E-state index contributed by atoms with van der Waals surface area (Å²) < 4.78 is 10.6. The fraction of sp³-hybridized carbons (Fsp3) is 0.296. The van der Waals surface area contributed by atoms with E-state index in [1.807, 2.05) is 81.4 Å². The van der Waals surface area contributed by atoms with E-state index in [9.17, 15) is 9.59 Å². The molecular weight excluding hydrogens is 448 g/mol. The summed E-state index contributed by atoms with van der Waals surface area (Å²) >= 11 is 1.46. The van der Waals surface area contributed by atoms with E-state index >= 15 is 0 Å². The Morgan fingerprint density at radius 1 is 0.971 bits per heavy atom. The first kappa shape index (κ1) is 23.7. The van der Waals surface area contributed by atoms with Crippen LogP contribution in [0.4, 0.5) is 0 Å². The number of nitrogens with zero attached hydrogens (tertiary/aromatic N) is 1. The van der Waals surface area contributed by atoms with Gasteiger partial charge in [0.2, 0.25) is 0 Å². The van der Waals surface area contributed by atoms with Crippen LogP contribution in [0.3, 0.4) is 0 Å². The van der Waals surface area contributed by atoms with Gasteiger partial charge in [0.1, 0.15) is 5.01 Å². The zero-order chi connectivity index (χ0) is 24.5. The maximum absolute atomic E-state index is 13.8. The van der Waals surface area contributed by atoms with E-state index in [1.54, 1.807) is 0 Å². The van der Waals surface area contributed by atoms with Crippen LogP contribution in [-0.4, -0.2) is 37.2 Å². The van der Waals surface area contributed by atoms with Crippen molar-refractivity contribution in [3.8, 4) is 10.4 Å². The standard InChI is InChI=1S/C27H28N2O4S/c1-16-21(24(30)32-4)22(19-12-8-6-9-13-19)27(18(3)28-16,26(31)33-5)25-29-17(2)23(34-25)20-14-10-7-11-15-20/h6-15,18,22,28H,1-5H3. The quantitative estimate of drug-likeness (QED) is 0.536. The summed E-state index contributed by atoms with van der Waals surface area (Å²) in [5, 5.41) is 3.96. The minimum absolute atomic E-state index is 0.395. The molecule has 6 nitrogen and oxygen atoms in total. The van der Waals surface area contributed by atoms with Crippen molar-refractivity contribution in [3.05, 3.63) is 88.2 Å². The van der Waals surface area contributed by atoms with Crippen molar-refractivity contribution in [1.82, 2.24) is 10.3 Å². The number of hydrogen-bond acceptors (Lipinski definition) is 7. The molecule has 3 unspecified atom stereocenters. The molecule has 1 N–H and O–H groups in total. The maximum Gasteiger partial charge on any atom is 0.336 e. The molecule has 4 rings (SSSR count). The predicted octanol–water partition coefficient (Wildman–Crippen LogP) is 4.75. The Morgan fingerprint density at radius 2 is 1.59 bits per heavy atom. The van der Waals surface area contributed by atoms with Gasteiger partial charge in [-0.2, -0.15) is 0 Å². The van der Waals surface area contributed by atoms with Crippen LogP contribution in [0.25, 0.3) is 10.4 Å². The molecule has 0 amide bonds. The van der Waals surface area contributed by atoms with E-state index in [0.29, 0.717) is 16.3 Å². The third-order valence-electron chi connectivity index (χ3n) is 6.51. The molecule has 0 bridgehead atoms. The van der Waals surface area contributed by atoms with Crippen LogP contribution in [0.2, 0.25) is 0 Å². The normalized spacial score (nSPS) is 22.1. The number of hydrogen-bond donors (Lipinski definition) is 1. The van der Waals surface area contributed by atoms with Crippen LogP contribution < -0.4 is 5.32 Å². The summed E-state index contributed by atoms with van der Waals surface area (Å²) in [7, 11) is 2.73. The van der Waals surface area contributed by atoms with Crippen LogP contribution in [0.1, 0.15) is 36.0 Å². The molecule has 0 fully saturated rings. The van der Waals surface area contributed by atoms with Crippen LogP contribution in [0.5, 0.6) is 0 Å². The molecule has 7 heteroatoms. The third-order valence-corrected chi connectivity index (χ3v) is 7.87. The minimum atomic E-state index is -1.29. The van der Waals surface area contributed by atoms with E-state index in [-0.39, 0.29) is 0 Å². The second-order valence-electron chi connectivity index (χ2n) is 8.40. The SMILES string of the molecule is COC(=O)C1=C(C)NC(C)C(C(=O)OC)(c2nc(C)c(-c3ccccc3)s2)C1c1ccccc1. The lowest BCUT2D eigenvalue weighted by Crippen LogP contribution is -2.60. The zero-order valence-corrected chi connectivity index (χ0v) is 20.7. The molecule has 1 aliphatic rings. The highest BCUT2D eigenvalue weighted by Crippen LogP contribution is 2.52. The minimum Gasteiger partial charge on any atom is -0.468 e. The van der Waals surface area contributed by atoms with E-state index in [2.05, 4.69) is 5.32 Å². The number of esters is 2. The van der Waals surface area contributed by atoms with Gasteiger partial charge >= 0.3 is 11.9 Å². The first-order chi connectivity index (χ1) is 16.4. The van der Waals surface area contributed by atoms with Crippen LogP contribution in [-0.2, 0) is 24.5 Å². The molecule has 0 radical (unpaired) electrons. The van der Waals surface area contributed by atoms with Crippen molar-refractivity contribution >= 4 is 23.3 Å². The summed E-state index contributed by atoms with van der Waals surface area (Å²) in [5.74, 6) is -1.60. The summed E-state index contributed by atoms with van der Waals surface area (Å²) in [6, 6.07) is 19.1. The number of aryl methyl sites for hydroxylation is 1. The lowest BCUT2D eigenvalue weighted by atomic mass is 9.62. The van der Waals surface area contributed by atoms with Crippen LogP contribution in [0, 0.1) is 6.92 Å². The van der Waals surface area contributed by atoms with Crippen molar-refractivity contribution in [1.29, 1.82) is 0 Å². The first-order valence-electron chi connectivity index (χ1n) is 11.1. The van der Waals surface area contributed by atoms with Gasteiger partial charge in [-0.15, -0.1) is 11.3 Å². The van der Waals surface area contributed by atoms with Crippen molar-refractivity contribution < 1.29 is 19.1 Å². The molecule has 3 aromatic rings. The topological polar surface area (TPSA) is 77.5 Å². The molecule has 3 atom stereocenters. The predicted molar refractivity (Wildman–Crippen MR) is 132 cm³/mol. The van der Waals surface area contributed by atoms with E-state index in [0.717, 1.165) is 21.7 Å². The molecule has 1 aromatic heterocycles. The number of benzene rings is 2. The Hall–Kier alpha value is -3.45. The summed E-state index contributed by atoms with van der Waals surface area (Å²) in [6.45, 7) is 5.71. The lowest BCUT2D eigenvalue weighted by molar-refractivity contribution is -0.150. The molecular formula is C27H28N2O4S. The van der Waals surface area contributed by atoms with E-state index in [1.165, 1.54) is 25.6 Å². The van der Waals surface area contributed by atoms with E-state index in [4.69, 9.17) is 14.5 Å². The number of allylic oxidation sites excluding steroid dienone is 1. The molecule has 176 valence electrons. The number of ether oxygens (including phenoxy) is 2. The van der Waals surface area contributed by atoms with Gasteiger partial charge < -0.3 is 14.8 Å². The number of nitrogens with one attached hydrogen (secondary N) is 1. The van der Waals surface area contributed by atoms with Crippen molar-refractivity contribution in [2.45, 2.75) is 38.1 Å². The smallest absolute Gasteiger partial charge is 0.336 e. The molecule has 2 aromatic carbocycles. The Bertz CT molecular complexity index is 1240. The summed E-state index contributed by atoms with van der Waals surface area (Å²) in [4.78, 5) is 32.8. The Morgan fingerprint density at radius 3 is 2.18 bits per heavy atom. The number of carbonyl (C=O) groups is 2. The highest BCUT2D eigenvalue weighted by molar-refractivity contribution is 7.15. The molecule has 0 saturated heterocycles. The number of thiazole rings is 1. The Kier molecular flexibility index (Phi) is 6.57. The fourth-order valence-corrected chi connectivity index (χ4v) is 6.33. The van der Waals surface area contributed by atoms with E-state index < -0.39 is 29.3 Å². The molecule has 0 spiro atoms. The first-order valence-corrected chi connectivity index (χ1v) is 11.9. The molecule has 1 aliphatic heterocycles. The largest absolute Gasteiger partial charge is 0.468 e. The lowest BCUT2D eigenvalue weighted by Gasteiger charge is -2.46. The molecule has 34 heavy (non-hydrogen) atoms. The second-order valence-corrected chi connectivity index (χ2v) is 9.40. The fourth-order valence-electron chi connectivity index (χ4n) is 4.96. The van der Waals surface area contributed by atoms with Gasteiger partial charge in [0.15, 0.2) is 5.41 Å². The molecule has 0 saturated carbocycles. The average Bonchev–Trinajstić information content (AvgIpc) is 3.25. The highest BCUT2D eigenvalue weighted by atomic mass is 32.1. The zero-order valence-electron chi connectivity index (χ0n) is 19.9. The van der Waals surface area contributed by atoms with Crippen molar-refractivity contribution in [2.24, 2.45) is 0 Å². The summed E-state index contributed by atoms with van der Waals surface area (Å²) in [6.07, 6.45) is 0. The number of rotatable bonds is 5. The van der Waals surface area contributed by atoms with Crippen LogP contribution in [0.15, 0.2) is 71.9 Å². The van der Waals surface area contributed by atoms with Crippen molar-refractivity contribution in [3.63, 3.8) is 0 Å². The van der Waals surface area contributed by atoms with Gasteiger partial charge in [-0.25, -0.2) is 9.78 Å². The van der Waals surface area contributed by atoms with Gasteiger partial charge in [0, 0.05) is 17.7 Å². The van der Waals surface area contributed by atoms with Gasteiger partial charge in [-0.3, -0.25) is 4.79 Å². The highest BCUT2D eigenvalue weighted by Gasteiger charge is 2.60. The van der Waals surface area contributed by atoms with Gasteiger partial charge in [-0.1, -0.05) is 60.7 Å². The number of methoxy groups -OCH3 is 2. The van der Waals surface area contributed by atoms with Crippen LogP contribution >= 0.6 is 11.3 Å². The monoisotopic (exact) mass is 476 g/mol. The molecule has 0 aliphatic carbocycles. The van der Waals surface area contributed by atoms with Gasteiger partial charge in [0.25, 0.3) is 0 Å². The third kappa shape index (κ3) is 3.70. The summed E-state index contributed by atoms with van der Waals surface area (Å²) in [5.41, 5.74) is 2.43. The Balaban J connectivity index is 2.05. The van der Waals surface area contributed by atoms with Gasteiger partial charge in [0.05, 0.1) is 30.4 Å². The number of aromatic nitrogens is 1. The second kappa shape index (κ2) is 9.43. The van der Waals surface area contributed by atoms with Gasteiger partial charge in [-0.05, 0) is 31.9 Å². The maximum atomic E-state index is 13.8. The van der Waals surface area contributed by atoms with Crippen molar-refractivity contribution in [2.75, 3.05) is 14.2 Å². The average molecular weight is 477 g/mol. The Labute approximate surface area is 203 Å². The molecule has 2 heterocycles.